The number of carbonyl (C=O) groups is 4. The van der Waals surface area contributed by atoms with Crippen molar-refractivity contribution < 1.29 is 80.2 Å². The van der Waals surface area contributed by atoms with Crippen LogP contribution in [0.25, 0.3) is 0 Å². The highest BCUT2D eigenvalue weighted by atomic mass is 31.2. The highest BCUT2D eigenvalue weighted by Gasteiger charge is 2.30. The molecule has 0 aliphatic carbocycles. The van der Waals surface area contributed by atoms with Crippen LogP contribution in [0.1, 0.15) is 325 Å². The second kappa shape index (κ2) is 57.0. The van der Waals surface area contributed by atoms with Crippen molar-refractivity contribution in [2.75, 3.05) is 39.6 Å². The van der Waals surface area contributed by atoms with E-state index in [0.717, 1.165) is 114 Å². The first kappa shape index (κ1) is 84.1. The van der Waals surface area contributed by atoms with Crippen molar-refractivity contribution in [1.29, 1.82) is 0 Å². The van der Waals surface area contributed by atoms with Gasteiger partial charge in [-0.3, -0.25) is 37.3 Å². The number of aliphatic hydroxyl groups is 1. The van der Waals surface area contributed by atoms with Crippen LogP contribution in [-0.2, 0) is 65.4 Å². The topological polar surface area (TPSA) is 237 Å². The SMILES string of the molecule is CCC(C)CCCCCCCCCCCCC(=O)O[C@H](COC(=O)CCCCCCCCCCC(C)CC)COP(=O)(O)OC[C@@H](O)COP(=O)(O)OC[C@@H](COC(=O)CCCCCCCCC(C)CC)OC(=O)CCCCCCCCCC(C)C. The van der Waals surface area contributed by atoms with E-state index >= 15 is 0 Å². The first-order valence-corrected chi connectivity index (χ1v) is 37.8. The van der Waals surface area contributed by atoms with Crippen LogP contribution in [0.4, 0.5) is 0 Å². The zero-order chi connectivity index (χ0) is 63.9. The van der Waals surface area contributed by atoms with E-state index < -0.39 is 97.5 Å². The van der Waals surface area contributed by atoms with E-state index in [1.165, 1.54) is 122 Å². The van der Waals surface area contributed by atoms with Crippen molar-refractivity contribution in [3.63, 3.8) is 0 Å². The van der Waals surface area contributed by atoms with Gasteiger partial charge < -0.3 is 33.8 Å². The predicted molar refractivity (Wildman–Crippen MR) is 344 cm³/mol. The minimum Gasteiger partial charge on any atom is -0.462 e. The number of phosphoric ester groups is 2. The molecule has 5 unspecified atom stereocenters. The Hall–Kier alpha value is -1.94. The molecular weight excluding hydrogens is 1140 g/mol. The number of hydrogen-bond acceptors (Lipinski definition) is 15. The van der Waals surface area contributed by atoms with Crippen LogP contribution in [0.3, 0.4) is 0 Å². The van der Waals surface area contributed by atoms with Crippen molar-refractivity contribution in [2.45, 2.75) is 343 Å². The van der Waals surface area contributed by atoms with E-state index in [1.54, 1.807) is 0 Å². The van der Waals surface area contributed by atoms with Gasteiger partial charge in [0.2, 0.25) is 0 Å². The lowest BCUT2D eigenvalue weighted by Crippen LogP contribution is -2.30. The standard InChI is InChI=1S/C67H130O17P2/c1-9-58(6)44-36-28-20-14-12-13-15-23-33-41-49-66(71)83-62(53-77-64(69)47-39-31-22-17-16-21-29-37-45-59(7)10-2)55-81-85(73,74)79-51-61(68)52-80-86(75,76)82-56-63(84-67(72)50-42-34-24-18-19-27-35-43-57(4)5)54-78-65(70)48-40-32-26-25-30-38-46-60(8)11-3/h57-63,68H,9-56H2,1-8H3,(H,73,74)(H,75,76)/t58?,59?,60?,61-,62-,63-/m1/s1. The Kier molecular flexibility index (Phi) is 55.7. The number of hydrogen-bond donors (Lipinski definition) is 3. The molecule has 0 bridgehead atoms. The third-order valence-electron chi connectivity index (χ3n) is 16.4. The van der Waals surface area contributed by atoms with Gasteiger partial charge in [-0.1, -0.05) is 274 Å². The van der Waals surface area contributed by atoms with Crippen molar-refractivity contribution in [2.24, 2.45) is 23.7 Å². The fraction of sp³-hybridized carbons (Fsp3) is 0.940. The Morgan fingerprint density at radius 2 is 0.558 bits per heavy atom. The smallest absolute Gasteiger partial charge is 0.462 e. The van der Waals surface area contributed by atoms with E-state index in [0.29, 0.717) is 31.6 Å². The number of aliphatic hydroxyl groups excluding tert-OH is 1. The van der Waals surface area contributed by atoms with E-state index in [1.807, 2.05) is 0 Å². The second-order valence-corrected chi connectivity index (χ2v) is 28.3. The van der Waals surface area contributed by atoms with E-state index in [9.17, 15) is 43.2 Å². The first-order valence-electron chi connectivity index (χ1n) is 34.8. The summed E-state index contributed by atoms with van der Waals surface area (Å²) in [7, 11) is -9.90. The highest BCUT2D eigenvalue weighted by molar-refractivity contribution is 7.47. The summed E-state index contributed by atoms with van der Waals surface area (Å²) in [6.45, 7) is 14.0. The molecule has 510 valence electrons. The van der Waals surface area contributed by atoms with Crippen molar-refractivity contribution >= 4 is 39.5 Å². The monoisotopic (exact) mass is 1270 g/mol. The molecule has 0 heterocycles. The fourth-order valence-corrected chi connectivity index (χ4v) is 11.4. The number of rotatable bonds is 64. The molecule has 19 heteroatoms. The Morgan fingerprint density at radius 1 is 0.326 bits per heavy atom. The molecule has 0 spiro atoms. The Labute approximate surface area is 524 Å². The summed E-state index contributed by atoms with van der Waals surface area (Å²) in [4.78, 5) is 72.4. The fourth-order valence-electron chi connectivity index (χ4n) is 9.86. The van der Waals surface area contributed by atoms with E-state index in [2.05, 4.69) is 55.4 Å². The molecule has 3 N–H and O–H groups in total. The maximum absolute atomic E-state index is 13.0. The molecule has 8 atom stereocenters. The summed E-state index contributed by atoms with van der Waals surface area (Å²) >= 11 is 0. The maximum Gasteiger partial charge on any atom is 0.472 e. The van der Waals surface area contributed by atoms with Gasteiger partial charge in [0, 0.05) is 25.7 Å². The second-order valence-electron chi connectivity index (χ2n) is 25.4. The van der Waals surface area contributed by atoms with Crippen molar-refractivity contribution in [3.05, 3.63) is 0 Å². The quantitative estimate of drug-likeness (QED) is 0.0222. The molecule has 0 aliphatic rings. The average Bonchev–Trinajstić information content (AvgIpc) is 3.70. The van der Waals surface area contributed by atoms with Gasteiger partial charge >= 0.3 is 39.5 Å². The number of esters is 4. The summed E-state index contributed by atoms with van der Waals surface area (Å²) in [5.74, 6) is 0.870. The molecule has 0 aliphatic heterocycles. The molecule has 86 heavy (non-hydrogen) atoms. The first-order chi connectivity index (χ1) is 41.2. The number of unbranched alkanes of at least 4 members (excludes halogenated alkanes) is 27. The Morgan fingerprint density at radius 3 is 0.826 bits per heavy atom. The van der Waals surface area contributed by atoms with Gasteiger partial charge in [0.15, 0.2) is 12.2 Å². The van der Waals surface area contributed by atoms with Crippen LogP contribution in [0.2, 0.25) is 0 Å². The van der Waals surface area contributed by atoms with Gasteiger partial charge in [-0.05, 0) is 49.4 Å². The molecule has 0 saturated carbocycles. The third-order valence-corrected chi connectivity index (χ3v) is 18.3. The summed E-state index contributed by atoms with van der Waals surface area (Å²) in [6, 6.07) is 0. The zero-order valence-electron chi connectivity index (χ0n) is 55.9. The molecule has 0 amide bonds. The number of phosphoric acid groups is 2. The van der Waals surface area contributed by atoms with Crippen LogP contribution in [-0.4, -0.2) is 96.7 Å². The van der Waals surface area contributed by atoms with Crippen LogP contribution >= 0.6 is 15.6 Å². The lowest BCUT2D eigenvalue weighted by Gasteiger charge is -2.21. The maximum atomic E-state index is 13.0. The molecule has 0 radical (unpaired) electrons. The zero-order valence-corrected chi connectivity index (χ0v) is 57.7. The summed E-state index contributed by atoms with van der Waals surface area (Å²) < 4.78 is 68.1. The summed E-state index contributed by atoms with van der Waals surface area (Å²) in [6.07, 6.45) is 37.5. The van der Waals surface area contributed by atoms with Crippen molar-refractivity contribution in [1.82, 2.24) is 0 Å². The minimum atomic E-state index is -4.95. The van der Waals surface area contributed by atoms with Crippen LogP contribution in [0, 0.1) is 23.7 Å². The van der Waals surface area contributed by atoms with Crippen LogP contribution in [0.5, 0.6) is 0 Å². The third kappa shape index (κ3) is 57.2. The summed E-state index contributed by atoms with van der Waals surface area (Å²) in [5, 5.41) is 10.6. The number of ether oxygens (including phenoxy) is 4. The van der Waals surface area contributed by atoms with E-state index in [-0.39, 0.29) is 25.7 Å². The van der Waals surface area contributed by atoms with Gasteiger partial charge in [0.25, 0.3) is 0 Å². The van der Waals surface area contributed by atoms with E-state index in [4.69, 9.17) is 37.0 Å². The number of carbonyl (C=O) groups excluding carboxylic acids is 4. The van der Waals surface area contributed by atoms with Gasteiger partial charge in [-0.25, -0.2) is 9.13 Å². The molecule has 0 aromatic carbocycles. The summed E-state index contributed by atoms with van der Waals surface area (Å²) in [5.41, 5.74) is 0. The van der Waals surface area contributed by atoms with Gasteiger partial charge in [-0.15, -0.1) is 0 Å². The largest absolute Gasteiger partial charge is 0.472 e. The average molecular weight is 1270 g/mol. The molecule has 0 saturated heterocycles. The lowest BCUT2D eigenvalue weighted by molar-refractivity contribution is -0.161. The predicted octanol–water partition coefficient (Wildman–Crippen LogP) is 18.5. The van der Waals surface area contributed by atoms with Crippen LogP contribution in [0.15, 0.2) is 0 Å². The molecule has 0 aromatic heterocycles. The molecule has 0 fully saturated rings. The normalized spacial score (nSPS) is 15.3. The molecular formula is C67H130O17P2. The highest BCUT2D eigenvalue weighted by Crippen LogP contribution is 2.45. The van der Waals surface area contributed by atoms with Gasteiger partial charge in [0.1, 0.15) is 19.3 Å². The Balaban J connectivity index is 5.27. The molecule has 17 nitrogen and oxygen atoms in total. The van der Waals surface area contributed by atoms with Crippen molar-refractivity contribution in [3.8, 4) is 0 Å². The van der Waals surface area contributed by atoms with Gasteiger partial charge in [0.05, 0.1) is 26.4 Å². The molecule has 0 aromatic rings. The Bertz CT molecular complexity index is 1720. The van der Waals surface area contributed by atoms with Crippen LogP contribution < -0.4 is 0 Å². The molecule has 0 rings (SSSR count). The van der Waals surface area contributed by atoms with Gasteiger partial charge in [-0.2, -0.15) is 0 Å². The minimum absolute atomic E-state index is 0.102. The lowest BCUT2D eigenvalue weighted by atomic mass is 9.99.